The monoisotopic (exact) mass is 326 g/mol. The number of carbonyl (C=O) groups is 1. The summed E-state index contributed by atoms with van der Waals surface area (Å²) in [6, 6.07) is 3.53. The first kappa shape index (κ1) is 17.0. The molecule has 0 saturated heterocycles. The molecule has 0 aromatic heterocycles. The first-order chi connectivity index (χ1) is 10.4. The third-order valence-electron chi connectivity index (χ3n) is 4.14. The first-order valence-corrected chi connectivity index (χ1v) is 9.16. The first-order valence-electron chi connectivity index (χ1n) is 7.72. The molecule has 22 heavy (non-hydrogen) atoms. The molecule has 2 rings (SSSR count). The predicted molar refractivity (Wildman–Crippen MR) is 82.7 cm³/mol. The third-order valence-corrected chi connectivity index (χ3v) is 5.08. The summed E-state index contributed by atoms with van der Waals surface area (Å²) in [5.74, 6) is -0.813. The van der Waals surface area contributed by atoms with Crippen LogP contribution < -0.4 is 0 Å². The molecule has 0 atom stereocenters. The average Bonchev–Trinajstić information content (AvgIpc) is 2.44. The highest BCUT2D eigenvalue weighted by Crippen LogP contribution is 2.28. The van der Waals surface area contributed by atoms with E-state index in [0.29, 0.717) is 24.8 Å². The maximum Gasteiger partial charge on any atom is 0.303 e. The molecule has 122 valence electrons. The number of unbranched alkanes of at least 4 members (excludes halogenated alkanes) is 2. The van der Waals surface area contributed by atoms with Gasteiger partial charge in [0.05, 0.1) is 4.90 Å². The lowest BCUT2D eigenvalue weighted by atomic mass is 9.89. The molecule has 0 heterocycles. The van der Waals surface area contributed by atoms with Crippen LogP contribution in [0.3, 0.4) is 0 Å². The maximum atomic E-state index is 11.6. The molecule has 6 heteroatoms. The molecule has 1 aliphatic carbocycles. The largest absolute Gasteiger partial charge is 0.481 e. The Morgan fingerprint density at radius 1 is 1.05 bits per heavy atom. The lowest BCUT2D eigenvalue weighted by molar-refractivity contribution is -0.137. The average molecular weight is 326 g/mol. The van der Waals surface area contributed by atoms with E-state index in [4.69, 9.17) is 5.11 Å². The molecule has 0 bridgehead atoms. The minimum atomic E-state index is -4.22. The van der Waals surface area contributed by atoms with Gasteiger partial charge < -0.3 is 5.11 Å². The van der Waals surface area contributed by atoms with E-state index in [-0.39, 0.29) is 11.3 Å². The normalized spacial score (nSPS) is 14.6. The van der Waals surface area contributed by atoms with Crippen LogP contribution in [0, 0.1) is 0 Å². The summed E-state index contributed by atoms with van der Waals surface area (Å²) in [6.07, 6.45) is 6.67. The van der Waals surface area contributed by atoms with Crippen LogP contribution >= 0.6 is 0 Å². The second kappa shape index (κ2) is 7.24. The minimum Gasteiger partial charge on any atom is -0.481 e. The van der Waals surface area contributed by atoms with Gasteiger partial charge in [-0.15, -0.1) is 0 Å². The minimum absolute atomic E-state index is 0.0198. The molecule has 0 amide bonds. The van der Waals surface area contributed by atoms with Gasteiger partial charge in [-0.2, -0.15) is 8.42 Å². The van der Waals surface area contributed by atoms with E-state index in [1.165, 1.54) is 5.56 Å². The van der Waals surface area contributed by atoms with Crippen molar-refractivity contribution in [2.45, 2.75) is 62.7 Å². The molecule has 0 fully saturated rings. The molecule has 0 unspecified atom stereocenters. The molecular weight excluding hydrogens is 304 g/mol. The molecule has 0 radical (unpaired) electrons. The van der Waals surface area contributed by atoms with Gasteiger partial charge >= 0.3 is 5.97 Å². The van der Waals surface area contributed by atoms with E-state index >= 15 is 0 Å². The Hall–Kier alpha value is -1.40. The summed E-state index contributed by atoms with van der Waals surface area (Å²) in [5.41, 5.74) is 2.85. The maximum absolute atomic E-state index is 11.6. The van der Waals surface area contributed by atoms with Crippen molar-refractivity contribution >= 4 is 16.1 Å². The van der Waals surface area contributed by atoms with Crippen LogP contribution in [0.5, 0.6) is 0 Å². The Balaban J connectivity index is 2.12. The molecule has 0 spiro atoms. The van der Waals surface area contributed by atoms with Crippen molar-refractivity contribution < 1.29 is 22.9 Å². The molecule has 0 saturated carbocycles. The molecule has 1 aromatic rings. The van der Waals surface area contributed by atoms with Crippen LogP contribution in [-0.4, -0.2) is 24.0 Å². The van der Waals surface area contributed by atoms with E-state index in [0.717, 1.165) is 37.7 Å². The van der Waals surface area contributed by atoms with Crippen molar-refractivity contribution in [2.75, 3.05) is 0 Å². The number of benzene rings is 1. The summed E-state index contributed by atoms with van der Waals surface area (Å²) < 4.78 is 32.6. The zero-order valence-corrected chi connectivity index (χ0v) is 13.4. The number of fused-ring (bicyclic) bond motifs is 1. The molecule has 0 aliphatic heterocycles. The van der Waals surface area contributed by atoms with Crippen LogP contribution in [0.4, 0.5) is 0 Å². The second-order valence-corrected chi connectivity index (χ2v) is 7.26. The molecule has 1 aliphatic rings. The molecule has 5 nitrogen and oxygen atoms in total. The van der Waals surface area contributed by atoms with Crippen LogP contribution in [0.2, 0.25) is 0 Å². The van der Waals surface area contributed by atoms with E-state index < -0.39 is 16.1 Å². The summed E-state index contributed by atoms with van der Waals surface area (Å²) in [4.78, 5) is 10.5. The van der Waals surface area contributed by atoms with Gasteiger partial charge in [-0.05, 0) is 67.7 Å². The Kier molecular flexibility index (Phi) is 5.58. The number of rotatable bonds is 7. The fourth-order valence-electron chi connectivity index (χ4n) is 3.02. The standard InChI is InChI=1S/C16H22O5S/c17-16(18)9-3-1-2-8-14-10-12-6-4-5-7-13(12)11-15(14)22(19,20)21/h10-11H,1-9H2,(H,17,18)(H,19,20,21). The van der Waals surface area contributed by atoms with E-state index in [9.17, 15) is 17.8 Å². The number of aliphatic carboxylic acids is 1. The smallest absolute Gasteiger partial charge is 0.303 e. The van der Waals surface area contributed by atoms with Crippen molar-refractivity contribution in [2.24, 2.45) is 0 Å². The second-order valence-electron chi connectivity index (χ2n) is 5.87. The summed E-state index contributed by atoms with van der Waals surface area (Å²) in [5, 5.41) is 8.60. The Labute approximate surface area is 131 Å². The van der Waals surface area contributed by atoms with Crippen molar-refractivity contribution in [3.63, 3.8) is 0 Å². The number of hydrogen-bond acceptors (Lipinski definition) is 3. The van der Waals surface area contributed by atoms with Crippen LogP contribution in [0.1, 0.15) is 55.2 Å². The van der Waals surface area contributed by atoms with Gasteiger partial charge in [0.15, 0.2) is 0 Å². The van der Waals surface area contributed by atoms with Gasteiger partial charge in [0, 0.05) is 6.42 Å². The van der Waals surface area contributed by atoms with Crippen LogP contribution in [0.15, 0.2) is 17.0 Å². The number of aryl methyl sites for hydroxylation is 3. The lowest BCUT2D eigenvalue weighted by Gasteiger charge is -2.19. The van der Waals surface area contributed by atoms with Gasteiger partial charge in [-0.3, -0.25) is 9.35 Å². The topological polar surface area (TPSA) is 91.7 Å². The van der Waals surface area contributed by atoms with Crippen LogP contribution in [-0.2, 0) is 34.2 Å². The zero-order valence-electron chi connectivity index (χ0n) is 12.5. The van der Waals surface area contributed by atoms with Crippen molar-refractivity contribution in [1.82, 2.24) is 0 Å². The Morgan fingerprint density at radius 2 is 1.68 bits per heavy atom. The van der Waals surface area contributed by atoms with Crippen LogP contribution in [0.25, 0.3) is 0 Å². The van der Waals surface area contributed by atoms with Crippen molar-refractivity contribution in [3.8, 4) is 0 Å². The number of carboxylic acid groups (broad SMARTS) is 1. The van der Waals surface area contributed by atoms with Gasteiger partial charge in [0.2, 0.25) is 0 Å². The van der Waals surface area contributed by atoms with E-state index in [1.54, 1.807) is 6.07 Å². The van der Waals surface area contributed by atoms with Gasteiger partial charge in [-0.1, -0.05) is 12.5 Å². The van der Waals surface area contributed by atoms with Gasteiger partial charge in [-0.25, -0.2) is 0 Å². The highest BCUT2D eigenvalue weighted by atomic mass is 32.2. The van der Waals surface area contributed by atoms with Gasteiger partial charge in [0.1, 0.15) is 0 Å². The summed E-state index contributed by atoms with van der Waals surface area (Å²) >= 11 is 0. The third kappa shape index (κ3) is 4.55. The molecular formula is C16H22O5S. The summed E-state index contributed by atoms with van der Waals surface area (Å²) in [6.45, 7) is 0. The lowest BCUT2D eigenvalue weighted by Crippen LogP contribution is -2.10. The summed E-state index contributed by atoms with van der Waals surface area (Å²) in [7, 11) is -4.22. The Morgan fingerprint density at radius 3 is 2.27 bits per heavy atom. The van der Waals surface area contributed by atoms with Gasteiger partial charge in [0.25, 0.3) is 10.1 Å². The molecule has 1 aromatic carbocycles. The highest BCUT2D eigenvalue weighted by Gasteiger charge is 2.20. The number of carboxylic acids is 1. The SMILES string of the molecule is O=C(O)CCCCCc1cc2c(cc1S(=O)(=O)O)CCCC2. The number of hydrogen-bond donors (Lipinski definition) is 2. The quantitative estimate of drug-likeness (QED) is 0.593. The Bertz CT molecular complexity index is 649. The van der Waals surface area contributed by atoms with Crippen molar-refractivity contribution in [1.29, 1.82) is 0 Å². The van der Waals surface area contributed by atoms with E-state index in [2.05, 4.69) is 0 Å². The van der Waals surface area contributed by atoms with E-state index in [1.807, 2.05) is 6.07 Å². The fraction of sp³-hybridized carbons (Fsp3) is 0.562. The fourth-order valence-corrected chi connectivity index (χ4v) is 3.80. The molecule has 2 N–H and O–H groups in total. The zero-order chi connectivity index (χ0) is 16.2. The van der Waals surface area contributed by atoms with Crippen molar-refractivity contribution in [3.05, 3.63) is 28.8 Å². The predicted octanol–water partition coefficient (Wildman–Crippen LogP) is 3.00. The highest BCUT2D eigenvalue weighted by molar-refractivity contribution is 7.85.